The Morgan fingerprint density at radius 3 is 2.86 bits per heavy atom. The molecule has 2 aromatic heterocycles. The Morgan fingerprint density at radius 2 is 2.00 bits per heavy atom. The first-order chi connectivity index (χ1) is 13.8. The number of benzene rings is 2. The average Bonchev–Trinajstić information content (AvgIpc) is 3.49. The molecule has 6 heteroatoms. The second-order valence-electron chi connectivity index (χ2n) is 7.47. The minimum Gasteiger partial charge on any atom is -0.339 e. The van der Waals surface area contributed by atoms with Gasteiger partial charge in [-0.1, -0.05) is 41.6 Å². The fourth-order valence-corrected chi connectivity index (χ4v) is 3.85. The Bertz CT molecular complexity index is 1060. The summed E-state index contributed by atoms with van der Waals surface area (Å²) in [6, 6.07) is 16.5. The first kappa shape index (κ1) is 17.1. The Balaban J connectivity index is 1.26. The van der Waals surface area contributed by atoms with Crippen LogP contribution in [0.2, 0.25) is 0 Å². The van der Waals surface area contributed by atoms with Crippen molar-refractivity contribution in [2.45, 2.75) is 25.8 Å². The SMILES string of the molecule is c1ccc2c(c1)ncn2Cc1ccc(-c2noc(CCC3CCNC3)n2)cc1. The Morgan fingerprint density at radius 1 is 1.11 bits per heavy atom. The third-order valence-corrected chi connectivity index (χ3v) is 5.49. The van der Waals surface area contributed by atoms with E-state index in [2.05, 4.69) is 55.3 Å². The molecule has 0 aliphatic carbocycles. The van der Waals surface area contributed by atoms with Crippen LogP contribution in [-0.4, -0.2) is 32.8 Å². The smallest absolute Gasteiger partial charge is 0.226 e. The van der Waals surface area contributed by atoms with Gasteiger partial charge in [0.05, 0.1) is 17.4 Å². The summed E-state index contributed by atoms with van der Waals surface area (Å²) in [5, 5.41) is 7.56. The molecule has 142 valence electrons. The van der Waals surface area contributed by atoms with E-state index < -0.39 is 0 Å². The highest BCUT2D eigenvalue weighted by molar-refractivity contribution is 5.75. The second-order valence-corrected chi connectivity index (χ2v) is 7.47. The number of nitrogens with zero attached hydrogens (tertiary/aromatic N) is 4. The number of para-hydroxylation sites is 2. The number of fused-ring (bicyclic) bond motifs is 1. The zero-order valence-corrected chi connectivity index (χ0v) is 15.7. The second kappa shape index (κ2) is 7.56. The highest BCUT2D eigenvalue weighted by Crippen LogP contribution is 2.20. The van der Waals surface area contributed by atoms with Crippen molar-refractivity contribution in [2.75, 3.05) is 13.1 Å². The maximum absolute atomic E-state index is 5.45. The zero-order valence-electron chi connectivity index (χ0n) is 15.7. The third kappa shape index (κ3) is 3.55. The molecule has 1 aliphatic rings. The molecular weight excluding hydrogens is 350 g/mol. The monoisotopic (exact) mass is 373 g/mol. The van der Waals surface area contributed by atoms with Crippen LogP contribution in [0.3, 0.4) is 0 Å². The summed E-state index contributed by atoms with van der Waals surface area (Å²) in [4.78, 5) is 9.03. The van der Waals surface area contributed by atoms with Gasteiger partial charge in [0.25, 0.3) is 0 Å². The molecule has 0 radical (unpaired) electrons. The van der Waals surface area contributed by atoms with Crippen molar-refractivity contribution < 1.29 is 4.52 Å². The lowest BCUT2D eigenvalue weighted by molar-refractivity contribution is 0.365. The van der Waals surface area contributed by atoms with Crippen molar-refractivity contribution in [3.05, 3.63) is 66.3 Å². The van der Waals surface area contributed by atoms with Crippen LogP contribution in [0.25, 0.3) is 22.4 Å². The maximum atomic E-state index is 5.45. The van der Waals surface area contributed by atoms with Crippen LogP contribution >= 0.6 is 0 Å². The molecule has 1 saturated heterocycles. The average molecular weight is 373 g/mol. The molecule has 1 atom stereocenters. The predicted molar refractivity (Wildman–Crippen MR) is 108 cm³/mol. The van der Waals surface area contributed by atoms with Crippen LogP contribution < -0.4 is 5.32 Å². The van der Waals surface area contributed by atoms with E-state index in [1.807, 2.05) is 24.5 Å². The van der Waals surface area contributed by atoms with Gasteiger partial charge in [-0.05, 0) is 49.5 Å². The molecule has 4 aromatic rings. The molecule has 2 aromatic carbocycles. The van der Waals surface area contributed by atoms with E-state index in [1.165, 1.54) is 12.0 Å². The van der Waals surface area contributed by atoms with Crippen LogP contribution in [0.15, 0.2) is 59.4 Å². The lowest BCUT2D eigenvalue weighted by atomic mass is 10.0. The number of rotatable bonds is 6. The molecule has 0 saturated carbocycles. The quantitative estimate of drug-likeness (QED) is 0.558. The molecule has 0 bridgehead atoms. The minimum absolute atomic E-state index is 0.666. The number of nitrogens with one attached hydrogen (secondary N) is 1. The summed E-state index contributed by atoms with van der Waals surface area (Å²) >= 11 is 0. The molecule has 1 N–H and O–H groups in total. The van der Waals surface area contributed by atoms with Crippen LogP contribution in [-0.2, 0) is 13.0 Å². The largest absolute Gasteiger partial charge is 0.339 e. The standard InChI is InChI=1S/C22H23N5O/c1-2-4-20-19(3-1)24-15-27(20)14-17-5-8-18(9-6-17)22-25-21(28-26-22)10-7-16-11-12-23-13-16/h1-6,8-9,15-16,23H,7,10-14H2. The third-order valence-electron chi connectivity index (χ3n) is 5.49. The van der Waals surface area contributed by atoms with Gasteiger partial charge in [0, 0.05) is 18.5 Å². The van der Waals surface area contributed by atoms with Crippen LogP contribution in [0.1, 0.15) is 24.3 Å². The number of aryl methyl sites for hydroxylation is 1. The Kier molecular flexibility index (Phi) is 4.62. The highest BCUT2D eigenvalue weighted by Gasteiger charge is 2.16. The summed E-state index contributed by atoms with van der Waals surface area (Å²) in [7, 11) is 0. The number of hydrogen-bond acceptors (Lipinski definition) is 5. The van der Waals surface area contributed by atoms with Crippen molar-refractivity contribution in [2.24, 2.45) is 5.92 Å². The molecule has 5 rings (SSSR count). The van der Waals surface area contributed by atoms with Crippen molar-refractivity contribution in [1.82, 2.24) is 25.0 Å². The van der Waals surface area contributed by atoms with Crippen LogP contribution in [0.5, 0.6) is 0 Å². The van der Waals surface area contributed by atoms with Gasteiger partial charge in [0.1, 0.15) is 0 Å². The fourth-order valence-electron chi connectivity index (χ4n) is 3.85. The molecule has 28 heavy (non-hydrogen) atoms. The van der Waals surface area contributed by atoms with Gasteiger partial charge in [-0.15, -0.1) is 0 Å². The van der Waals surface area contributed by atoms with Crippen molar-refractivity contribution >= 4 is 11.0 Å². The first-order valence-corrected chi connectivity index (χ1v) is 9.88. The molecule has 0 amide bonds. The van der Waals surface area contributed by atoms with E-state index in [9.17, 15) is 0 Å². The van der Waals surface area contributed by atoms with E-state index in [1.54, 1.807) is 0 Å². The number of aromatic nitrogens is 4. The molecule has 1 unspecified atom stereocenters. The first-order valence-electron chi connectivity index (χ1n) is 9.88. The molecular formula is C22H23N5O. The van der Waals surface area contributed by atoms with Crippen LogP contribution in [0.4, 0.5) is 0 Å². The van der Waals surface area contributed by atoms with Gasteiger partial charge in [0.2, 0.25) is 11.7 Å². The van der Waals surface area contributed by atoms with E-state index in [-0.39, 0.29) is 0 Å². The topological polar surface area (TPSA) is 68.8 Å². The minimum atomic E-state index is 0.666. The molecule has 0 spiro atoms. The van der Waals surface area contributed by atoms with E-state index in [0.717, 1.165) is 60.9 Å². The lowest BCUT2D eigenvalue weighted by Gasteiger charge is -2.05. The van der Waals surface area contributed by atoms with Gasteiger partial charge >= 0.3 is 0 Å². The number of hydrogen-bond donors (Lipinski definition) is 1. The van der Waals surface area contributed by atoms with E-state index in [4.69, 9.17) is 4.52 Å². The molecule has 1 aliphatic heterocycles. The highest BCUT2D eigenvalue weighted by atomic mass is 16.5. The summed E-state index contributed by atoms with van der Waals surface area (Å²) in [5.41, 5.74) is 4.36. The van der Waals surface area contributed by atoms with Gasteiger partial charge in [-0.3, -0.25) is 0 Å². The Labute approximate surface area is 163 Å². The maximum Gasteiger partial charge on any atom is 0.226 e. The summed E-state index contributed by atoms with van der Waals surface area (Å²) < 4.78 is 7.61. The van der Waals surface area contributed by atoms with Crippen molar-refractivity contribution in [1.29, 1.82) is 0 Å². The molecule has 6 nitrogen and oxygen atoms in total. The van der Waals surface area contributed by atoms with Crippen LogP contribution in [0, 0.1) is 5.92 Å². The normalized spacial score (nSPS) is 16.8. The van der Waals surface area contributed by atoms with Gasteiger partial charge < -0.3 is 14.4 Å². The van der Waals surface area contributed by atoms with E-state index >= 15 is 0 Å². The number of imidazole rings is 1. The molecule has 1 fully saturated rings. The Hall–Kier alpha value is -2.99. The molecule has 3 heterocycles. The summed E-state index contributed by atoms with van der Waals surface area (Å²) in [6.45, 7) is 3.02. The van der Waals surface area contributed by atoms with E-state index in [0.29, 0.717) is 5.82 Å². The van der Waals surface area contributed by atoms with Gasteiger partial charge in [0.15, 0.2) is 0 Å². The van der Waals surface area contributed by atoms with Gasteiger partial charge in [-0.25, -0.2) is 4.98 Å². The summed E-state index contributed by atoms with van der Waals surface area (Å²) in [6.07, 6.45) is 5.09. The predicted octanol–water partition coefficient (Wildman–Crippen LogP) is 3.68. The fraction of sp³-hybridized carbons (Fsp3) is 0.318. The van der Waals surface area contributed by atoms with Crippen molar-refractivity contribution in [3.63, 3.8) is 0 Å². The van der Waals surface area contributed by atoms with Gasteiger partial charge in [-0.2, -0.15) is 4.98 Å². The zero-order chi connectivity index (χ0) is 18.8. The van der Waals surface area contributed by atoms with Crippen molar-refractivity contribution in [3.8, 4) is 11.4 Å². The summed E-state index contributed by atoms with van der Waals surface area (Å²) in [5.74, 6) is 2.13. The lowest BCUT2D eigenvalue weighted by Crippen LogP contribution is -2.09.